The van der Waals surface area contributed by atoms with E-state index in [2.05, 4.69) is 0 Å². The number of anilines is 1. The summed E-state index contributed by atoms with van der Waals surface area (Å²) < 4.78 is 18.8. The first-order valence-electron chi connectivity index (χ1n) is 8.25. The van der Waals surface area contributed by atoms with Crippen LogP contribution in [0.2, 0.25) is 5.02 Å². The minimum absolute atomic E-state index is 0.0547. The number of rotatable bonds is 2. The topological polar surface area (TPSA) is 49.9 Å². The van der Waals surface area contributed by atoms with Crippen LogP contribution in [0.5, 0.6) is 0 Å². The van der Waals surface area contributed by atoms with E-state index >= 15 is 0 Å². The molecule has 1 aliphatic heterocycles. The Bertz CT molecular complexity index is 675. The summed E-state index contributed by atoms with van der Waals surface area (Å²) in [6.07, 6.45) is 0.771. The summed E-state index contributed by atoms with van der Waals surface area (Å²) in [6.45, 7) is 7.26. The average molecular weight is 371 g/mol. The molecule has 1 aromatic carbocycles. The van der Waals surface area contributed by atoms with Gasteiger partial charge in [-0.05, 0) is 58.7 Å². The summed E-state index contributed by atoms with van der Waals surface area (Å²) >= 11 is 5.80. The Balaban J connectivity index is 2.21. The molecule has 2 unspecified atom stereocenters. The van der Waals surface area contributed by atoms with Crippen LogP contribution in [0.25, 0.3) is 0 Å². The van der Waals surface area contributed by atoms with E-state index in [9.17, 15) is 14.0 Å². The van der Waals surface area contributed by atoms with Gasteiger partial charge in [0, 0.05) is 18.8 Å². The van der Waals surface area contributed by atoms with Crippen molar-refractivity contribution in [1.29, 1.82) is 0 Å². The lowest BCUT2D eigenvalue weighted by molar-refractivity contribution is -0.123. The largest absolute Gasteiger partial charge is 0.444 e. The fourth-order valence-electron chi connectivity index (χ4n) is 2.89. The van der Waals surface area contributed by atoms with Gasteiger partial charge in [0.1, 0.15) is 17.5 Å². The first-order valence-corrected chi connectivity index (χ1v) is 8.63. The molecule has 7 heteroatoms. The van der Waals surface area contributed by atoms with Crippen LogP contribution in [0.1, 0.15) is 40.5 Å². The van der Waals surface area contributed by atoms with Crippen molar-refractivity contribution in [1.82, 2.24) is 4.90 Å². The molecule has 1 heterocycles. The molecular weight excluding hydrogens is 347 g/mol. The maximum Gasteiger partial charge on any atom is 0.411 e. The lowest BCUT2D eigenvalue weighted by atomic mass is 10.1. The van der Waals surface area contributed by atoms with Crippen molar-refractivity contribution in [3.63, 3.8) is 0 Å². The molecule has 0 radical (unpaired) electrons. The maximum atomic E-state index is 13.3. The van der Waals surface area contributed by atoms with E-state index in [4.69, 9.17) is 16.3 Å². The van der Waals surface area contributed by atoms with Crippen molar-refractivity contribution >= 4 is 29.3 Å². The van der Waals surface area contributed by atoms with Gasteiger partial charge in [-0.15, -0.1) is 0 Å². The Morgan fingerprint density at radius 3 is 2.52 bits per heavy atom. The molecule has 0 aliphatic carbocycles. The van der Waals surface area contributed by atoms with E-state index in [-0.39, 0.29) is 17.0 Å². The fourth-order valence-corrected chi connectivity index (χ4v) is 3.07. The van der Waals surface area contributed by atoms with E-state index in [0.717, 1.165) is 0 Å². The lowest BCUT2D eigenvalue weighted by Crippen LogP contribution is -2.50. The molecule has 0 N–H and O–H groups in total. The molecule has 1 aliphatic rings. The third-order valence-electron chi connectivity index (χ3n) is 4.18. The molecule has 1 fully saturated rings. The first-order chi connectivity index (χ1) is 11.5. The zero-order valence-electron chi connectivity index (χ0n) is 15.2. The fraction of sp³-hybridized carbons (Fsp3) is 0.556. The molecule has 2 rings (SSSR count). The highest BCUT2D eigenvalue weighted by atomic mass is 35.5. The summed E-state index contributed by atoms with van der Waals surface area (Å²) in [6, 6.07) is 3.39. The number of likely N-dealkylation sites (tertiary alicyclic amines) is 1. The second-order valence-corrected chi connectivity index (χ2v) is 7.73. The van der Waals surface area contributed by atoms with Gasteiger partial charge in [0.15, 0.2) is 0 Å². The molecule has 25 heavy (non-hydrogen) atoms. The molecule has 2 amide bonds. The van der Waals surface area contributed by atoms with E-state index < -0.39 is 23.6 Å². The second-order valence-electron chi connectivity index (χ2n) is 7.33. The van der Waals surface area contributed by atoms with Gasteiger partial charge in [-0.3, -0.25) is 9.69 Å². The molecular formula is C18H24ClFN2O3. The van der Waals surface area contributed by atoms with Gasteiger partial charge < -0.3 is 9.64 Å². The highest BCUT2D eigenvalue weighted by Gasteiger charge is 2.42. The van der Waals surface area contributed by atoms with Crippen LogP contribution in [-0.2, 0) is 9.53 Å². The summed E-state index contributed by atoms with van der Waals surface area (Å²) in [5.74, 6) is -0.797. The molecule has 1 saturated heterocycles. The van der Waals surface area contributed by atoms with Gasteiger partial charge in [0.2, 0.25) is 5.91 Å². The number of halogens is 2. The van der Waals surface area contributed by atoms with E-state index in [1.165, 1.54) is 28.0 Å². The van der Waals surface area contributed by atoms with Crippen molar-refractivity contribution < 1.29 is 18.7 Å². The minimum atomic E-state index is -0.636. The van der Waals surface area contributed by atoms with Crippen LogP contribution in [-0.4, -0.2) is 41.6 Å². The summed E-state index contributed by atoms with van der Waals surface area (Å²) in [5.41, 5.74) is -0.163. The predicted molar refractivity (Wildman–Crippen MR) is 95.4 cm³/mol. The van der Waals surface area contributed by atoms with Crippen LogP contribution in [0.3, 0.4) is 0 Å². The number of carbonyl (C=O) groups is 2. The smallest absolute Gasteiger partial charge is 0.411 e. The lowest BCUT2D eigenvalue weighted by Gasteiger charge is -2.32. The Kier molecular flexibility index (Phi) is 5.62. The van der Waals surface area contributed by atoms with Gasteiger partial charge in [-0.2, -0.15) is 0 Å². The summed E-state index contributed by atoms with van der Waals surface area (Å²) in [5, 5.41) is -0.0547. The van der Waals surface area contributed by atoms with Crippen LogP contribution in [0, 0.1) is 5.82 Å². The molecule has 2 atom stereocenters. The van der Waals surface area contributed by atoms with Crippen LogP contribution >= 0.6 is 11.6 Å². The minimum Gasteiger partial charge on any atom is -0.444 e. The number of amides is 2. The number of ether oxygens (including phenoxy) is 1. The Hall–Kier alpha value is -1.82. The highest BCUT2D eigenvalue weighted by molar-refractivity contribution is 6.31. The third kappa shape index (κ3) is 4.42. The quantitative estimate of drug-likeness (QED) is 0.782. The number of hydrogen-bond donors (Lipinski definition) is 0. The van der Waals surface area contributed by atoms with Crippen molar-refractivity contribution in [2.75, 3.05) is 11.9 Å². The summed E-state index contributed by atoms with van der Waals surface area (Å²) in [4.78, 5) is 28.3. The van der Waals surface area contributed by atoms with Crippen LogP contribution in [0.4, 0.5) is 14.9 Å². The van der Waals surface area contributed by atoms with E-state index in [1.807, 2.05) is 6.92 Å². The molecule has 0 spiro atoms. The third-order valence-corrected chi connectivity index (χ3v) is 4.47. The predicted octanol–water partition coefficient (Wildman–Crippen LogP) is 4.23. The second kappa shape index (κ2) is 7.20. The maximum absolute atomic E-state index is 13.3. The molecule has 138 valence electrons. The number of benzene rings is 1. The number of carbonyl (C=O) groups excluding carboxylic acids is 2. The summed E-state index contributed by atoms with van der Waals surface area (Å²) in [7, 11) is 1.59. The first kappa shape index (κ1) is 19.5. The normalized spacial score (nSPS) is 20.5. The monoisotopic (exact) mass is 370 g/mol. The average Bonchev–Trinajstić information content (AvgIpc) is 2.88. The standard InChI is InChI=1S/C18H24ClFN2O3/c1-11-6-9-15(22(11)17(24)25-18(2,3)4)16(23)21(5)12-7-8-14(20)13(19)10-12/h7-8,10-11,15H,6,9H2,1-5H3. The van der Waals surface area contributed by atoms with Gasteiger partial charge >= 0.3 is 6.09 Å². The molecule has 1 aromatic rings. The number of nitrogens with zero attached hydrogens (tertiary/aromatic N) is 2. The highest BCUT2D eigenvalue weighted by Crippen LogP contribution is 2.29. The number of likely N-dealkylation sites (N-methyl/N-ethyl adjacent to an activating group) is 1. The Morgan fingerprint density at radius 2 is 1.96 bits per heavy atom. The van der Waals surface area contributed by atoms with Gasteiger partial charge in [-0.25, -0.2) is 9.18 Å². The van der Waals surface area contributed by atoms with E-state index in [0.29, 0.717) is 18.5 Å². The van der Waals surface area contributed by atoms with Crippen molar-refractivity contribution in [2.45, 2.75) is 58.2 Å². The Morgan fingerprint density at radius 1 is 1.32 bits per heavy atom. The van der Waals surface area contributed by atoms with Crippen molar-refractivity contribution in [2.24, 2.45) is 0 Å². The van der Waals surface area contributed by atoms with Crippen molar-refractivity contribution in [3.8, 4) is 0 Å². The van der Waals surface area contributed by atoms with E-state index in [1.54, 1.807) is 27.8 Å². The van der Waals surface area contributed by atoms with Gasteiger partial charge in [0.25, 0.3) is 0 Å². The molecule has 0 aromatic heterocycles. The van der Waals surface area contributed by atoms with Gasteiger partial charge in [-0.1, -0.05) is 11.6 Å². The zero-order chi connectivity index (χ0) is 18.9. The van der Waals surface area contributed by atoms with Crippen LogP contribution in [0.15, 0.2) is 18.2 Å². The molecule has 0 bridgehead atoms. The molecule has 5 nitrogen and oxygen atoms in total. The van der Waals surface area contributed by atoms with Gasteiger partial charge in [0.05, 0.1) is 5.02 Å². The molecule has 0 saturated carbocycles. The van der Waals surface area contributed by atoms with Crippen molar-refractivity contribution in [3.05, 3.63) is 29.0 Å². The van der Waals surface area contributed by atoms with Crippen LogP contribution < -0.4 is 4.90 Å². The SMILES string of the molecule is CC1CCC(C(=O)N(C)c2ccc(F)c(Cl)c2)N1C(=O)OC(C)(C)C. The number of hydrogen-bond acceptors (Lipinski definition) is 3. The Labute approximate surface area is 152 Å². The zero-order valence-corrected chi connectivity index (χ0v) is 15.9.